The highest BCUT2D eigenvalue weighted by atomic mass is 32.2. The lowest BCUT2D eigenvalue weighted by Gasteiger charge is -2.22. The molecule has 0 spiro atoms. The van der Waals surface area contributed by atoms with Gasteiger partial charge in [-0.3, -0.25) is 0 Å². The van der Waals surface area contributed by atoms with E-state index in [1.54, 1.807) is 55.6 Å². The lowest BCUT2D eigenvalue weighted by molar-refractivity contribution is 0.108. The van der Waals surface area contributed by atoms with E-state index in [0.717, 1.165) is 11.1 Å². The van der Waals surface area contributed by atoms with Crippen LogP contribution in [0.4, 0.5) is 0 Å². The average molecular weight is 363 g/mol. The topological polar surface area (TPSA) is 75.6 Å². The number of benzene rings is 2. The van der Waals surface area contributed by atoms with E-state index in [9.17, 15) is 13.5 Å². The second-order valence-corrected chi connectivity index (χ2v) is 7.82. The van der Waals surface area contributed by atoms with E-state index in [0.29, 0.717) is 12.2 Å². The molecule has 0 aliphatic rings. The molecule has 0 amide bonds. The maximum Gasteiger partial charge on any atom is 0.240 e. The number of rotatable bonds is 8. The van der Waals surface area contributed by atoms with Gasteiger partial charge in [0.15, 0.2) is 0 Å². The Morgan fingerprint density at radius 2 is 1.68 bits per heavy atom. The number of nitrogens with one attached hydrogen (secondary N) is 1. The molecule has 2 rings (SSSR count). The Balaban J connectivity index is 2.06. The SMILES string of the molecule is CC[C@H](CNS(=O)(=O)c1ccc(C)cc1)[C@H](O)c1ccc(OC)cc1. The van der Waals surface area contributed by atoms with Gasteiger partial charge >= 0.3 is 0 Å². The fourth-order valence-corrected chi connectivity index (χ4v) is 3.66. The van der Waals surface area contributed by atoms with E-state index in [2.05, 4.69) is 4.72 Å². The van der Waals surface area contributed by atoms with Crippen molar-refractivity contribution in [2.24, 2.45) is 5.92 Å². The number of hydrogen-bond acceptors (Lipinski definition) is 4. The van der Waals surface area contributed by atoms with Gasteiger partial charge in [0.05, 0.1) is 18.1 Å². The highest BCUT2D eigenvalue weighted by Gasteiger charge is 2.22. The summed E-state index contributed by atoms with van der Waals surface area (Å²) in [6.45, 7) is 4.00. The smallest absolute Gasteiger partial charge is 0.240 e. The number of aliphatic hydroxyl groups excluding tert-OH is 1. The van der Waals surface area contributed by atoms with Gasteiger partial charge in [0, 0.05) is 12.5 Å². The van der Waals surface area contributed by atoms with E-state index < -0.39 is 16.1 Å². The molecule has 0 unspecified atom stereocenters. The van der Waals surface area contributed by atoms with Crippen molar-refractivity contribution in [3.05, 3.63) is 59.7 Å². The average Bonchev–Trinajstić information content (AvgIpc) is 2.62. The first-order chi connectivity index (χ1) is 11.9. The number of sulfonamides is 1. The predicted octanol–water partition coefficient (Wildman–Crippen LogP) is 3.04. The molecule has 2 N–H and O–H groups in total. The van der Waals surface area contributed by atoms with Crippen LogP contribution in [0.3, 0.4) is 0 Å². The second-order valence-electron chi connectivity index (χ2n) is 6.05. The van der Waals surface area contributed by atoms with Gasteiger partial charge in [-0.15, -0.1) is 0 Å². The normalized spacial score (nSPS) is 14.1. The molecule has 0 aliphatic heterocycles. The van der Waals surface area contributed by atoms with Crippen molar-refractivity contribution in [1.82, 2.24) is 4.72 Å². The molecule has 2 aromatic carbocycles. The molecule has 0 bridgehead atoms. The molecular weight excluding hydrogens is 338 g/mol. The Bertz CT molecular complexity index is 770. The molecule has 5 nitrogen and oxygen atoms in total. The van der Waals surface area contributed by atoms with Crippen molar-refractivity contribution < 1.29 is 18.3 Å². The Morgan fingerprint density at radius 1 is 1.08 bits per heavy atom. The zero-order valence-electron chi connectivity index (χ0n) is 14.8. The monoisotopic (exact) mass is 363 g/mol. The molecule has 0 radical (unpaired) electrons. The van der Waals surface area contributed by atoms with E-state index in [4.69, 9.17) is 4.74 Å². The van der Waals surface area contributed by atoms with E-state index >= 15 is 0 Å². The summed E-state index contributed by atoms with van der Waals surface area (Å²) >= 11 is 0. The van der Waals surface area contributed by atoms with Gasteiger partial charge < -0.3 is 9.84 Å². The molecule has 0 aromatic heterocycles. The van der Waals surface area contributed by atoms with Crippen LogP contribution >= 0.6 is 0 Å². The third-order valence-electron chi connectivity index (χ3n) is 4.30. The molecule has 2 atom stereocenters. The summed E-state index contributed by atoms with van der Waals surface area (Å²) in [5.74, 6) is 0.484. The van der Waals surface area contributed by atoms with Gasteiger partial charge in [-0.1, -0.05) is 36.8 Å². The third kappa shape index (κ3) is 5.04. The van der Waals surface area contributed by atoms with Crippen LogP contribution in [0.25, 0.3) is 0 Å². The van der Waals surface area contributed by atoms with Gasteiger partial charge in [-0.05, 0) is 43.2 Å². The zero-order valence-corrected chi connectivity index (χ0v) is 15.6. The van der Waals surface area contributed by atoms with Crippen LogP contribution < -0.4 is 9.46 Å². The van der Waals surface area contributed by atoms with Crippen molar-refractivity contribution in [2.75, 3.05) is 13.7 Å². The van der Waals surface area contributed by atoms with E-state index in [-0.39, 0.29) is 17.4 Å². The molecule has 0 fully saturated rings. The first kappa shape index (κ1) is 19.4. The predicted molar refractivity (Wildman–Crippen MR) is 98.1 cm³/mol. The number of methoxy groups -OCH3 is 1. The first-order valence-electron chi connectivity index (χ1n) is 8.25. The minimum atomic E-state index is -3.59. The maximum atomic E-state index is 12.4. The van der Waals surface area contributed by atoms with Crippen LogP contribution in [0.5, 0.6) is 5.75 Å². The van der Waals surface area contributed by atoms with Gasteiger partial charge in [0.25, 0.3) is 0 Å². The highest BCUT2D eigenvalue weighted by Crippen LogP contribution is 2.26. The van der Waals surface area contributed by atoms with Crippen molar-refractivity contribution in [3.8, 4) is 5.75 Å². The summed E-state index contributed by atoms with van der Waals surface area (Å²) in [5.41, 5.74) is 1.74. The summed E-state index contributed by atoms with van der Waals surface area (Å²) in [6, 6.07) is 13.8. The molecule has 0 saturated heterocycles. The minimum Gasteiger partial charge on any atom is -0.497 e. The summed E-state index contributed by atoms with van der Waals surface area (Å²) in [5, 5.41) is 10.6. The molecule has 0 saturated carbocycles. The van der Waals surface area contributed by atoms with Crippen molar-refractivity contribution in [2.45, 2.75) is 31.3 Å². The molecule has 2 aromatic rings. The van der Waals surface area contributed by atoms with Crippen molar-refractivity contribution in [3.63, 3.8) is 0 Å². The molecule has 136 valence electrons. The number of hydrogen-bond donors (Lipinski definition) is 2. The van der Waals surface area contributed by atoms with Crippen LogP contribution in [0.2, 0.25) is 0 Å². The van der Waals surface area contributed by atoms with Gasteiger partial charge in [0.1, 0.15) is 5.75 Å². The van der Waals surface area contributed by atoms with Crippen LogP contribution in [-0.2, 0) is 10.0 Å². The third-order valence-corrected chi connectivity index (χ3v) is 5.73. The standard InChI is InChI=1S/C19H25NO4S/c1-4-15(19(21)16-7-9-17(24-3)10-8-16)13-20-25(22,23)18-11-5-14(2)6-12-18/h5-12,15,19-21H,4,13H2,1-3H3/t15-,19+/m1/s1. The summed E-state index contributed by atoms with van der Waals surface area (Å²) in [4.78, 5) is 0.229. The van der Waals surface area contributed by atoms with Gasteiger partial charge in [0.2, 0.25) is 10.0 Å². The molecule has 6 heteroatoms. The Hall–Kier alpha value is -1.89. The lowest BCUT2D eigenvalue weighted by Crippen LogP contribution is -2.32. The Morgan fingerprint density at radius 3 is 2.20 bits per heavy atom. The van der Waals surface area contributed by atoms with Crippen molar-refractivity contribution >= 4 is 10.0 Å². The maximum absolute atomic E-state index is 12.4. The molecule has 0 heterocycles. The number of ether oxygens (including phenoxy) is 1. The quantitative estimate of drug-likeness (QED) is 0.756. The van der Waals surface area contributed by atoms with E-state index in [1.807, 2.05) is 13.8 Å². The summed E-state index contributed by atoms with van der Waals surface area (Å²) in [7, 11) is -2.01. The number of aliphatic hydroxyl groups is 1. The van der Waals surface area contributed by atoms with Crippen LogP contribution in [0.15, 0.2) is 53.4 Å². The zero-order chi connectivity index (χ0) is 18.4. The van der Waals surface area contributed by atoms with E-state index in [1.165, 1.54) is 0 Å². The van der Waals surface area contributed by atoms with Crippen LogP contribution in [-0.4, -0.2) is 27.2 Å². The fraction of sp³-hybridized carbons (Fsp3) is 0.368. The molecule has 0 aliphatic carbocycles. The number of aryl methyl sites for hydroxylation is 1. The van der Waals surface area contributed by atoms with Crippen LogP contribution in [0.1, 0.15) is 30.6 Å². The molecule has 25 heavy (non-hydrogen) atoms. The van der Waals surface area contributed by atoms with Crippen LogP contribution in [0, 0.1) is 12.8 Å². The Labute approximate surface area is 149 Å². The fourth-order valence-electron chi connectivity index (χ4n) is 2.57. The second kappa shape index (κ2) is 8.47. The molecular formula is C19H25NO4S. The minimum absolute atomic E-state index is 0.167. The van der Waals surface area contributed by atoms with Gasteiger partial charge in [-0.25, -0.2) is 13.1 Å². The first-order valence-corrected chi connectivity index (χ1v) is 9.74. The highest BCUT2D eigenvalue weighted by molar-refractivity contribution is 7.89. The van der Waals surface area contributed by atoms with Gasteiger partial charge in [-0.2, -0.15) is 0 Å². The lowest BCUT2D eigenvalue weighted by atomic mass is 9.93. The largest absolute Gasteiger partial charge is 0.497 e. The van der Waals surface area contributed by atoms with Crippen molar-refractivity contribution in [1.29, 1.82) is 0 Å². The summed E-state index contributed by atoms with van der Waals surface area (Å²) in [6.07, 6.45) is -0.111. The summed E-state index contributed by atoms with van der Waals surface area (Å²) < 4.78 is 32.5. The Kier molecular flexibility index (Phi) is 6.58.